The Morgan fingerprint density at radius 1 is 0.256 bits per heavy atom. The molecule has 1 aliphatic heterocycles. The second-order valence-electron chi connectivity index (χ2n) is 23.3. The zero-order chi connectivity index (χ0) is 60.2. The van der Waals surface area contributed by atoms with Crippen LogP contribution in [0.25, 0.3) is 62.7 Å². The first-order chi connectivity index (χ1) is 42.2. The van der Waals surface area contributed by atoms with Crippen LogP contribution in [0.3, 0.4) is 0 Å². The van der Waals surface area contributed by atoms with Gasteiger partial charge in [-0.3, -0.25) is 0 Å². The lowest BCUT2D eigenvalue weighted by molar-refractivity contribution is 0.678. The van der Waals surface area contributed by atoms with E-state index in [1.54, 1.807) is 22.7 Å². The summed E-state index contributed by atoms with van der Waals surface area (Å²) in [5.74, 6) is 0. The summed E-state index contributed by atoms with van der Waals surface area (Å²) < 4.78 is 16.4. The van der Waals surface area contributed by atoms with Crippen molar-refractivity contribution in [3.8, 4) is 41.8 Å². The molecule has 0 N–H and O–H groups in total. The minimum atomic E-state index is -1.51. The summed E-state index contributed by atoms with van der Waals surface area (Å²) in [6.07, 6.45) is 19.0. The molecule has 0 fully saturated rings. The number of nitrogens with zero attached hydrogens (tertiary/aromatic N) is 4. The Morgan fingerprint density at radius 3 is 0.651 bits per heavy atom. The molecule has 0 amide bonds. The Labute approximate surface area is 537 Å². The van der Waals surface area contributed by atoms with Gasteiger partial charge < -0.3 is 19.6 Å². The molecule has 1 aliphatic rings. The van der Waals surface area contributed by atoms with Gasteiger partial charge in [-0.05, 0) is 171 Å². The SMILES string of the molecule is CCCCN(CCCC)c1ccc(-c2ccc(C3=C(c4ccc(-c5ccc(N(CCCC)CCCC)cc5)s4)S(=O)C(c4ccc(-c5ccc(N(CCCC)CCCC)cc5)s4)=C3c3ccc(-c4ccc(N(CCCC)CCCC)cc4)s3)s2)cc1. The third kappa shape index (κ3) is 16.2. The summed E-state index contributed by atoms with van der Waals surface area (Å²) in [7, 11) is -1.51. The van der Waals surface area contributed by atoms with Crippen LogP contribution in [-0.4, -0.2) is 56.6 Å². The number of hydrogen-bond acceptors (Lipinski definition) is 9. The van der Waals surface area contributed by atoms with Gasteiger partial charge >= 0.3 is 0 Å². The monoisotopic (exact) mass is 1240 g/mol. The molecule has 4 aromatic carbocycles. The zero-order valence-corrected chi connectivity index (χ0v) is 57.1. The maximum atomic E-state index is 16.4. The summed E-state index contributed by atoms with van der Waals surface area (Å²) >= 11 is 7.22. The molecule has 86 heavy (non-hydrogen) atoms. The lowest BCUT2D eigenvalue weighted by Crippen LogP contribution is -2.25. The number of unbranched alkanes of at least 4 members (excludes halogenated alkanes) is 8. The highest BCUT2D eigenvalue weighted by atomic mass is 32.2. The summed E-state index contributed by atoms with van der Waals surface area (Å²) in [6, 6.07) is 55.4. The minimum Gasteiger partial charge on any atom is -0.372 e. The Bertz CT molecular complexity index is 3150. The molecule has 10 heteroatoms. The van der Waals surface area contributed by atoms with Crippen LogP contribution in [0.5, 0.6) is 0 Å². The van der Waals surface area contributed by atoms with E-state index in [1.165, 1.54) is 167 Å². The fourth-order valence-corrected chi connectivity index (χ4v) is 17.9. The van der Waals surface area contributed by atoms with Gasteiger partial charge in [0.2, 0.25) is 0 Å². The Morgan fingerprint density at radius 2 is 0.442 bits per heavy atom. The van der Waals surface area contributed by atoms with Crippen molar-refractivity contribution >= 4 is 99.9 Å². The Balaban J connectivity index is 1.17. The van der Waals surface area contributed by atoms with Gasteiger partial charge in [0.05, 0.1) is 20.6 Å². The molecule has 5 nitrogen and oxygen atoms in total. The van der Waals surface area contributed by atoms with E-state index in [0.29, 0.717) is 0 Å². The first-order valence-electron chi connectivity index (χ1n) is 33.0. The van der Waals surface area contributed by atoms with Gasteiger partial charge in [0.15, 0.2) is 0 Å². The average Bonchev–Trinajstić information content (AvgIpc) is 1.90. The molecule has 456 valence electrons. The first-order valence-corrected chi connectivity index (χ1v) is 37.4. The van der Waals surface area contributed by atoms with E-state index in [2.05, 4.69) is 221 Å². The molecule has 0 unspecified atom stereocenters. The van der Waals surface area contributed by atoms with Gasteiger partial charge in [0.25, 0.3) is 0 Å². The van der Waals surface area contributed by atoms with E-state index in [-0.39, 0.29) is 0 Å². The predicted octanol–water partition coefficient (Wildman–Crippen LogP) is 23.4. The van der Waals surface area contributed by atoms with Crippen molar-refractivity contribution in [1.29, 1.82) is 0 Å². The van der Waals surface area contributed by atoms with Crippen LogP contribution in [0.4, 0.5) is 22.7 Å². The maximum absolute atomic E-state index is 16.4. The van der Waals surface area contributed by atoms with E-state index in [1.807, 2.05) is 22.7 Å². The molecule has 0 spiro atoms. The van der Waals surface area contributed by atoms with Crippen molar-refractivity contribution in [1.82, 2.24) is 0 Å². The average molecular weight is 1240 g/mol. The molecule has 0 saturated carbocycles. The highest BCUT2D eigenvalue weighted by Gasteiger charge is 2.38. The number of thiophene rings is 4. The smallest absolute Gasteiger partial charge is 0.0892 e. The molecule has 0 bridgehead atoms. The van der Waals surface area contributed by atoms with Gasteiger partial charge in [0.1, 0.15) is 0 Å². The minimum absolute atomic E-state index is 0.913. The topological polar surface area (TPSA) is 30.0 Å². The molecular weight excluding hydrogens is 1150 g/mol. The molecule has 4 aromatic heterocycles. The van der Waals surface area contributed by atoms with Crippen molar-refractivity contribution in [3.05, 3.63) is 165 Å². The van der Waals surface area contributed by atoms with Crippen molar-refractivity contribution in [2.24, 2.45) is 0 Å². The summed E-state index contributed by atoms with van der Waals surface area (Å²) in [5, 5.41) is 0. The van der Waals surface area contributed by atoms with Crippen molar-refractivity contribution in [2.45, 2.75) is 158 Å². The fourth-order valence-electron chi connectivity index (χ4n) is 11.5. The number of benzene rings is 4. The van der Waals surface area contributed by atoms with E-state index in [9.17, 15) is 0 Å². The lowest BCUT2D eigenvalue weighted by Gasteiger charge is -2.25. The second-order valence-corrected chi connectivity index (χ2v) is 29.0. The zero-order valence-electron chi connectivity index (χ0n) is 53.1. The quantitative estimate of drug-likeness (QED) is 0.0391. The maximum Gasteiger partial charge on any atom is 0.0892 e. The molecule has 5 heterocycles. The molecule has 8 aromatic rings. The molecule has 9 rings (SSSR count). The van der Waals surface area contributed by atoms with Crippen molar-refractivity contribution in [2.75, 3.05) is 72.0 Å². The molecular formula is C76H96N4OS5. The van der Waals surface area contributed by atoms with Gasteiger partial charge in [-0.25, -0.2) is 4.21 Å². The largest absolute Gasteiger partial charge is 0.372 e. The van der Waals surface area contributed by atoms with Crippen LogP contribution in [0, 0.1) is 0 Å². The second kappa shape index (κ2) is 33.2. The standard InChI is InChI=1S/C76H96N4OS5/c1-9-17-49-77(50-18-10-2)61-33-25-57(26-34-61)65-41-45-69(82-65)73-74(70-46-42-66(83-70)58-27-35-62(36-28-58)78(51-19-11-3)52-20-12-4)76(72-48-44-68(85-72)60-31-39-64(40-32-60)80(55-23-15-7)56-24-16-8)86(81)75(73)71-47-43-67(84-71)59-29-37-63(38-30-59)79(53-21-13-5)54-22-14-6/h25-48H,9-24,49-56H2,1-8H3. The van der Waals surface area contributed by atoms with Gasteiger partial charge in [-0.1, -0.05) is 155 Å². The van der Waals surface area contributed by atoms with Gasteiger partial charge in [0, 0.05) is 125 Å². The summed E-state index contributed by atoms with van der Waals surface area (Å²) in [5.41, 5.74) is 12.2. The van der Waals surface area contributed by atoms with E-state index in [0.717, 1.165) is 92.8 Å². The highest BCUT2D eigenvalue weighted by molar-refractivity contribution is 8.05. The van der Waals surface area contributed by atoms with Crippen LogP contribution >= 0.6 is 45.3 Å². The van der Waals surface area contributed by atoms with Crippen LogP contribution in [0.1, 0.15) is 178 Å². The Kier molecular flexibility index (Phi) is 25.1. The molecule has 0 radical (unpaired) electrons. The van der Waals surface area contributed by atoms with Crippen LogP contribution in [-0.2, 0) is 10.8 Å². The first kappa shape index (κ1) is 65.0. The third-order valence-electron chi connectivity index (χ3n) is 16.8. The van der Waals surface area contributed by atoms with Crippen molar-refractivity contribution in [3.63, 3.8) is 0 Å². The molecule has 0 aliphatic carbocycles. The molecule has 0 atom stereocenters. The lowest BCUT2D eigenvalue weighted by atomic mass is 10.0. The number of hydrogen-bond donors (Lipinski definition) is 0. The number of rotatable bonds is 36. The number of allylic oxidation sites excluding steroid dienone is 2. The predicted molar refractivity (Wildman–Crippen MR) is 389 cm³/mol. The summed E-state index contributed by atoms with van der Waals surface area (Å²) in [6.45, 7) is 26.9. The highest BCUT2D eigenvalue weighted by Crippen LogP contribution is 2.57. The van der Waals surface area contributed by atoms with Gasteiger partial charge in [-0.15, -0.1) is 45.3 Å². The van der Waals surface area contributed by atoms with Crippen LogP contribution in [0.15, 0.2) is 146 Å². The van der Waals surface area contributed by atoms with Gasteiger partial charge in [-0.2, -0.15) is 0 Å². The van der Waals surface area contributed by atoms with Crippen LogP contribution < -0.4 is 19.6 Å². The summed E-state index contributed by atoms with van der Waals surface area (Å²) in [4.78, 5) is 21.3. The van der Waals surface area contributed by atoms with Crippen LogP contribution in [0.2, 0.25) is 0 Å². The fraction of sp³-hybridized carbons (Fsp3) is 0.421. The number of anilines is 4. The normalized spacial score (nSPS) is 12.7. The third-order valence-corrected chi connectivity index (χ3v) is 23.2. The van der Waals surface area contributed by atoms with E-state index < -0.39 is 10.8 Å². The van der Waals surface area contributed by atoms with E-state index >= 15 is 4.21 Å². The molecule has 0 saturated heterocycles. The Hall–Kier alpha value is -5.49. The van der Waals surface area contributed by atoms with Crippen molar-refractivity contribution < 1.29 is 4.21 Å². The van der Waals surface area contributed by atoms with E-state index in [4.69, 9.17) is 0 Å².